The zero-order valence-corrected chi connectivity index (χ0v) is 18.3. The van der Waals surface area contributed by atoms with Gasteiger partial charge in [0.25, 0.3) is 10.5 Å². The summed E-state index contributed by atoms with van der Waals surface area (Å²) in [6.07, 6.45) is 0. The van der Waals surface area contributed by atoms with Gasteiger partial charge in [-0.15, -0.1) is 12.4 Å². The fraction of sp³-hybridized carbons (Fsp3) is 0.222. The molecule has 0 aromatic heterocycles. The van der Waals surface area contributed by atoms with Crippen LogP contribution < -0.4 is 11.3 Å². The summed E-state index contributed by atoms with van der Waals surface area (Å²) >= 11 is 15.3. The molecule has 0 fully saturated rings. The van der Waals surface area contributed by atoms with E-state index in [-0.39, 0.29) is 23.0 Å². The lowest BCUT2D eigenvalue weighted by Gasteiger charge is -2.14. The van der Waals surface area contributed by atoms with Gasteiger partial charge >= 0.3 is 0 Å². The molecule has 0 aliphatic carbocycles. The van der Waals surface area contributed by atoms with Crippen LogP contribution in [0.2, 0.25) is 5.02 Å². The van der Waals surface area contributed by atoms with E-state index in [2.05, 4.69) is 5.43 Å². The average molecular weight is 476 g/mol. The maximum Gasteiger partial charge on any atom is 0.258 e. The molecule has 0 radical (unpaired) electrons. The number of hydrazine groups is 1. The normalized spacial score (nSPS) is 9.75. The van der Waals surface area contributed by atoms with Gasteiger partial charge in [0.2, 0.25) is 0 Å². The van der Waals surface area contributed by atoms with Crippen LogP contribution in [0.1, 0.15) is 41.5 Å². The summed E-state index contributed by atoms with van der Waals surface area (Å²) in [5, 5.41) is -1.94. The van der Waals surface area contributed by atoms with Gasteiger partial charge in [-0.3, -0.25) is 20.9 Å². The number of nitrogens with one attached hydrogen (secondary N) is 1. The number of carbonyl (C=O) groups is 2. The molecule has 0 heterocycles. The molecule has 10 heteroatoms. The zero-order valence-electron chi connectivity index (χ0n) is 15.2. The minimum atomic E-state index is -1.20. The van der Waals surface area contributed by atoms with Crippen LogP contribution in [0.15, 0.2) is 42.5 Å². The van der Waals surface area contributed by atoms with Crippen LogP contribution in [0.3, 0.4) is 0 Å². The van der Waals surface area contributed by atoms with Gasteiger partial charge in [0.15, 0.2) is 5.82 Å². The van der Waals surface area contributed by atoms with Crippen molar-refractivity contribution < 1.29 is 18.4 Å². The Bertz CT molecular complexity index is 770. The predicted molar refractivity (Wildman–Crippen MR) is 113 cm³/mol. The van der Waals surface area contributed by atoms with Crippen LogP contribution >= 0.6 is 47.2 Å². The van der Waals surface area contributed by atoms with E-state index in [0.717, 1.165) is 12.1 Å². The molecule has 0 saturated carbocycles. The van der Waals surface area contributed by atoms with Crippen molar-refractivity contribution in [3.8, 4) is 0 Å². The molecule has 156 valence electrons. The third kappa shape index (κ3) is 11.5. The number of halogens is 6. The van der Waals surface area contributed by atoms with Gasteiger partial charge in [-0.1, -0.05) is 41.9 Å². The Hall–Kier alpha value is -1.28. The standard InChI is InChI=1S/C7H2Cl2F2O.C7H5ClO.C4H12N2.ClH/c8-3-1-2-4(10)5(6(3)11)7(9)12;8-7(9)6-4-2-1-3-5-6;1-4(2,3)6-5;/h1-2H;1-5H;6H,5H2,1-3H3;1H. The molecule has 0 unspecified atom stereocenters. The summed E-state index contributed by atoms with van der Waals surface area (Å²) in [5.74, 6) is 2.91. The molecule has 0 saturated heterocycles. The summed E-state index contributed by atoms with van der Waals surface area (Å²) in [5.41, 5.74) is 2.40. The average Bonchev–Trinajstić information content (AvgIpc) is 2.59. The molecule has 0 atom stereocenters. The van der Waals surface area contributed by atoms with E-state index >= 15 is 0 Å². The van der Waals surface area contributed by atoms with Crippen molar-refractivity contribution in [2.75, 3.05) is 0 Å². The third-order valence-electron chi connectivity index (χ3n) is 2.67. The smallest absolute Gasteiger partial charge is 0.258 e. The minimum absolute atomic E-state index is 0. The van der Waals surface area contributed by atoms with Crippen molar-refractivity contribution in [3.05, 3.63) is 70.2 Å². The molecule has 2 aromatic carbocycles. The first kappa shape index (κ1) is 28.9. The van der Waals surface area contributed by atoms with Crippen LogP contribution in [0.4, 0.5) is 8.78 Å². The Morgan fingerprint density at radius 1 is 0.964 bits per heavy atom. The molecule has 2 aromatic rings. The second-order valence-electron chi connectivity index (χ2n) is 6.03. The summed E-state index contributed by atoms with van der Waals surface area (Å²) in [6, 6.07) is 10.6. The predicted octanol–water partition coefficient (Wildman–Crippen LogP) is 5.73. The van der Waals surface area contributed by atoms with Gasteiger partial charge < -0.3 is 0 Å². The van der Waals surface area contributed by atoms with E-state index in [9.17, 15) is 18.4 Å². The molecule has 0 aliphatic heterocycles. The monoisotopic (exact) mass is 474 g/mol. The number of carbonyl (C=O) groups excluding carboxylic acids is 2. The Balaban J connectivity index is 0. The van der Waals surface area contributed by atoms with E-state index in [1.807, 2.05) is 26.8 Å². The molecule has 2 rings (SSSR count). The highest BCUT2D eigenvalue weighted by Crippen LogP contribution is 2.22. The topological polar surface area (TPSA) is 72.2 Å². The highest BCUT2D eigenvalue weighted by Gasteiger charge is 2.17. The zero-order chi connectivity index (χ0) is 21.2. The highest BCUT2D eigenvalue weighted by molar-refractivity contribution is 6.68. The molecule has 0 aliphatic rings. The van der Waals surface area contributed by atoms with Crippen molar-refractivity contribution in [1.29, 1.82) is 0 Å². The second kappa shape index (κ2) is 13.8. The van der Waals surface area contributed by atoms with Crippen molar-refractivity contribution >= 4 is 57.7 Å². The lowest BCUT2D eigenvalue weighted by atomic mass is 10.1. The summed E-state index contributed by atoms with van der Waals surface area (Å²) < 4.78 is 25.5. The number of nitrogens with two attached hydrogens (primary N) is 1. The quantitative estimate of drug-likeness (QED) is 0.251. The largest absolute Gasteiger partial charge is 0.276 e. The van der Waals surface area contributed by atoms with Crippen LogP contribution in [0.5, 0.6) is 0 Å². The SMILES string of the molecule is CC(C)(C)NN.Cl.O=C(Cl)c1c(F)ccc(Cl)c1F.O=C(Cl)c1ccccc1. The first-order valence-electron chi connectivity index (χ1n) is 7.46. The van der Waals surface area contributed by atoms with E-state index in [1.165, 1.54) is 0 Å². The molecule has 0 bridgehead atoms. The van der Waals surface area contributed by atoms with Gasteiger partial charge in [0, 0.05) is 11.1 Å². The number of rotatable bonds is 2. The van der Waals surface area contributed by atoms with E-state index in [4.69, 9.17) is 40.6 Å². The molecule has 0 amide bonds. The van der Waals surface area contributed by atoms with Crippen molar-refractivity contribution in [1.82, 2.24) is 5.43 Å². The van der Waals surface area contributed by atoms with Crippen LogP contribution in [-0.2, 0) is 0 Å². The number of hydrogen-bond acceptors (Lipinski definition) is 4. The Morgan fingerprint density at radius 2 is 1.43 bits per heavy atom. The first-order chi connectivity index (χ1) is 12.4. The lowest BCUT2D eigenvalue weighted by molar-refractivity contribution is 0.106. The first-order valence-corrected chi connectivity index (χ1v) is 8.60. The van der Waals surface area contributed by atoms with Gasteiger partial charge in [-0.2, -0.15) is 0 Å². The van der Waals surface area contributed by atoms with Crippen molar-refractivity contribution in [3.63, 3.8) is 0 Å². The molecule has 28 heavy (non-hydrogen) atoms. The molecule has 4 nitrogen and oxygen atoms in total. The van der Waals surface area contributed by atoms with Gasteiger partial charge in [-0.05, 0) is 56.1 Å². The number of benzene rings is 2. The fourth-order valence-corrected chi connectivity index (χ4v) is 1.73. The minimum Gasteiger partial charge on any atom is -0.276 e. The maximum absolute atomic E-state index is 12.8. The van der Waals surface area contributed by atoms with Crippen LogP contribution in [-0.4, -0.2) is 16.0 Å². The Kier molecular flexibility index (Phi) is 14.3. The lowest BCUT2D eigenvalue weighted by Crippen LogP contribution is -2.41. The van der Waals surface area contributed by atoms with Gasteiger partial charge in [-0.25, -0.2) is 8.78 Å². The fourth-order valence-electron chi connectivity index (χ4n) is 1.28. The second-order valence-corrected chi connectivity index (χ2v) is 7.12. The summed E-state index contributed by atoms with van der Waals surface area (Å²) in [7, 11) is 0. The van der Waals surface area contributed by atoms with Crippen LogP contribution in [0, 0.1) is 11.6 Å². The molecule has 3 N–H and O–H groups in total. The molecule has 0 spiro atoms. The summed E-state index contributed by atoms with van der Waals surface area (Å²) in [6.45, 7) is 6.02. The van der Waals surface area contributed by atoms with Gasteiger partial charge in [0.05, 0.1) is 5.02 Å². The van der Waals surface area contributed by atoms with E-state index in [0.29, 0.717) is 5.56 Å². The third-order valence-corrected chi connectivity index (χ3v) is 3.37. The Labute approximate surface area is 183 Å². The van der Waals surface area contributed by atoms with E-state index < -0.39 is 27.7 Å². The highest BCUT2D eigenvalue weighted by atomic mass is 35.5. The number of hydrogen-bond donors (Lipinski definition) is 2. The van der Waals surface area contributed by atoms with Crippen LogP contribution in [0.25, 0.3) is 0 Å². The van der Waals surface area contributed by atoms with Gasteiger partial charge in [0.1, 0.15) is 11.4 Å². The van der Waals surface area contributed by atoms with E-state index in [1.54, 1.807) is 24.3 Å². The molecular weight excluding hydrogens is 456 g/mol. The maximum atomic E-state index is 12.8. The summed E-state index contributed by atoms with van der Waals surface area (Å²) in [4.78, 5) is 20.9. The van der Waals surface area contributed by atoms with Crippen molar-refractivity contribution in [2.45, 2.75) is 26.3 Å². The molecular formula is C18H20Cl4F2N2O2. The van der Waals surface area contributed by atoms with Crippen molar-refractivity contribution in [2.24, 2.45) is 5.84 Å². The Morgan fingerprint density at radius 3 is 1.71 bits per heavy atom.